The van der Waals surface area contributed by atoms with Crippen LogP contribution in [0.15, 0.2) is 35.1 Å². The van der Waals surface area contributed by atoms with E-state index in [9.17, 15) is 4.79 Å². The minimum absolute atomic E-state index is 0.0777. The number of carbonyl (C=O) groups excluding carboxylic acids is 1. The number of halogens is 1. The Bertz CT molecular complexity index is 635. The van der Waals surface area contributed by atoms with Gasteiger partial charge < -0.3 is 9.47 Å². The lowest BCUT2D eigenvalue weighted by Gasteiger charge is -2.29. The van der Waals surface area contributed by atoms with Gasteiger partial charge in [0.15, 0.2) is 0 Å². The smallest absolute Gasteiger partial charge is 0.270 e. The standard InChI is InChI=1S/C14H14BrN3O/c1-17-7-2-3-13(17)14(19)18-8-5-12-10(9-18)11(15)4-6-16-12/h2-4,6-7H,5,8-9H2,1H3. The van der Waals surface area contributed by atoms with Gasteiger partial charge in [-0.15, -0.1) is 0 Å². The van der Waals surface area contributed by atoms with Gasteiger partial charge in [-0.1, -0.05) is 15.9 Å². The highest BCUT2D eigenvalue weighted by Crippen LogP contribution is 2.25. The van der Waals surface area contributed by atoms with Gasteiger partial charge in [0.25, 0.3) is 5.91 Å². The minimum Gasteiger partial charge on any atom is -0.347 e. The third kappa shape index (κ3) is 2.18. The van der Waals surface area contributed by atoms with Gasteiger partial charge in [-0.2, -0.15) is 0 Å². The highest BCUT2D eigenvalue weighted by molar-refractivity contribution is 9.10. The van der Waals surface area contributed by atoms with Gasteiger partial charge in [-0.3, -0.25) is 9.78 Å². The van der Waals surface area contributed by atoms with E-state index in [4.69, 9.17) is 0 Å². The normalized spacial score (nSPS) is 14.3. The van der Waals surface area contributed by atoms with Crippen molar-refractivity contribution in [1.82, 2.24) is 14.5 Å². The van der Waals surface area contributed by atoms with Crippen molar-refractivity contribution in [3.63, 3.8) is 0 Å². The SMILES string of the molecule is Cn1cccc1C(=O)N1CCc2nccc(Br)c2C1. The molecule has 1 amide bonds. The summed E-state index contributed by atoms with van der Waals surface area (Å²) in [6.07, 6.45) is 4.51. The molecule has 0 aliphatic carbocycles. The van der Waals surface area contributed by atoms with Gasteiger partial charge in [0.1, 0.15) is 5.69 Å². The van der Waals surface area contributed by atoms with Crippen LogP contribution < -0.4 is 0 Å². The summed E-state index contributed by atoms with van der Waals surface area (Å²) in [6.45, 7) is 1.34. The fourth-order valence-corrected chi connectivity index (χ4v) is 2.89. The molecule has 0 bridgehead atoms. The molecule has 0 radical (unpaired) electrons. The average Bonchev–Trinajstić information content (AvgIpc) is 2.84. The second-order valence-corrected chi connectivity index (χ2v) is 5.55. The molecule has 4 nitrogen and oxygen atoms in total. The molecule has 0 fully saturated rings. The Kier molecular flexibility index (Phi) is 3.14. The van der Waals surface area contributed by atoms with Crippen LogP contribution in [0.4, 0.5) is 0 Å². The number of aryl methyl sites for hydroxylation is 1. The second-order valence-electron chi connectivity index (χ2n) is 4.70. The fraction of sp³-hybridized carbons (Fsp3) is 0.286. The zero-order chi connectivity index (χ0) is 13.4. The Morgan fingerprint density at radius 3 is 3.00 bits per heavy atom. The molecule has 1 aliphatic rings. The molecular weight excluding hydrogens is 306 g/mol. The topological polar surface area (TPSA) is 38.1 Å². The van der Waals surface area contributed by atoms with Crippen molar-refractivity contribution in [3.8, 4) is 0 Å². The van der Waals surface area contributed by atoms with Crippen molar-refractivity contribution in [1.29, 1.82) is 0 Å². The van der Waals surface area contributed by atoms with Crippen LogP contribution in [-0.4, -0.2) is 26.9 Å². The van der Waals surface area contributed by atoms with Crippen LogP contribution in [0.2, 0.25) is 0 Å². The Labute approximate surface area is 120 Å². The molecule has 0 aromatic carbocycles. The van der Waals surface area contributed by atoms with E-state index < -0.39 is 0 Å². The lowest BCUT2D eigenvalue weighted by atomic mass is 10.1. The number of rotatable bonds is 1. The fourth-order valence-electron chi connectivity index (χ4n) is 2.42. The maximum absolute atomic E-state index is 12.5. The molecule has 98 valence electrons. The molecule has 0 N–H and O–H groups in total. The quantitative estimate of drug-likeness (QED) is 0.809. The molecule has 2 aromatic heterocycles. The molecule has 3 heterocycles. The molecule has 0 saturated heterocycles. The first kappa shape index (κ1) is 12.4. The largest absolute Gasteiger partial charge is 0.347 e. The zero-order valence-electron chi connectivity index (χ0n) is 10.6. The summed E-state index contributed by atoms with van der Waals surface area (Å²) < 4.78 is 2.89. The third-order valence-electron chi connectivity index (χ3n) is 3.51. The van der Waals surface area contributed by atoms with E-state index in [1.54, 1.807) is 6.20 Å². The molecular formula is C14H14BrN3O. The van der Waals surface area contributed by atoms with Gasteiger partial charge in [0.05, 0.1) is 0 Å². The highest BCUT2D eigenvalue weighted by atomic mass is 79.9. The summed E-state index contributed by atoms with van der Waals surface area (Å²) in [4.78, 5) is 18.7. The second kappa shape index (κ2) is 4.81. The Morgan fingerprint density at radius 1 is 1.42 bits per heavy atom. The van der Waals surface area contributed by atoms with E-state index in [0.29, 0.717) is 6.54 Å². The molecule has 0 atom stereocenters. The number of hydrogen-bond acceptors (Lipinski definition) is 2. The molecule has 0 saturated carbocycles. The van der Waals surface area contributed by atoms with E-state index in [2.05, 4.69) is 20.9 Å². The van der Waals surface area contributed by atoms with Gasteiger partial charge in [0, 0.05) is 54.7 Å². The van der Waals surface area contributed by atoms with Gasteiger partial charge in [0.2, 0.25) is 0 Å². The van der Waals surface area contributed by atoms with Gasteiger partial charge >= 0.3 is 0 Å². The van der Waals surface area contributed by atoms with Crippen molar-refractivity contribution >= 4 is 21.8 Å². The van der Waals surface area contributed by atoms with Crippen molar-refractivity contribution < 1.29 is 4.79 Å². The average molecular weight is 320 g/mol. The number of nitrogens with zero attached hydrogens (tertiary/aromatic N) is 3. The Hall–Kier alpha value is -1.62. The predicted molar refractivity (Wildman–Crippen MR) is 75.8 cm³/mol. The number of hydrogen-bond donors (Lipinski definition) is 0. The first-order valence-electron chi connectivity index (χ1n) is 6.19. The van der Waals surface area contributed by atoms with E-state index in [-0.39, 0.29) is 5.91 Å². The first-order valence-corrected chi connectivity index (χ1v) is 6.99. The molecule has 3 rings (SSSR count). The van der Waals surface area contributed by atoms with E-state index >= 15 is 0 Å². The number of aromatic nitrogens is 2. The van der Waals surface area contributed by atoms with Crippen LogP contribution in [0.3, 0.4) is 0 Å². The zero-order valence-corrected chi connectivity index (χ0v) is 12.2. The third-order valence-corrected chi connectivity index (χ3v) is 4.25. The molecule has 2 aromatic rings. The number of amides is 1. The minimum atomic E-state index is 0.0777. The first-order chi connectivity index (χ1) is 9.16. The maximum Gasteiger partial charge on any atom is 0.270 e. The number of carbonyl (C=O) groups is 1. The maximum atomic E-state index is 12.5. The van der Waals surface area contributed by atoms with Crippen molar-refractivity contribution in [2.45, 2.75) is 13.0 Å². The van der Waals surface area contributed by atoms with Crippen molar-refractivity contribution in [2.24, 2.45) is 7.05 Å². The van der Waals surface area contributed by atoms with Crippen LogP contribution in [0.1, 0.15) is 21.7 Å². The van der Waals surface area contributed by atoms with E-state index in [1.807, 2.05) is 40.9 Å². The molecule has 19 heavy (non-hydrogen) atoms. The summed E-state index contributed by atoms with van der Waals surface area (Å²) in [7, 11) is 1.89. The highest BCUT2D eigenvalue weighted by Gasteiger charge is 2.24. The van der Waals surface area contributed by atoms with Crippen LogP contribution in [0, 0.1) is 0 Å². The molecule has 1 aliphatic heterocycles. The van der Waals surface area contributed by atoms with Crippen molar-refractivity contribution in [3.05, 3.63) is 52.0 Å². The van der Waals surface area contributed by atoms with Gasteiger partial charge in [-0.25, -0.2) is 0 Å². The summed E-state index contributed by atoms with van der Waals surface area (Å²) in [5.74, 6) is 0.0777. The number of fused-ring (bicyclic) bond motifs is 1. The summed E-state index contributed by atoms with van der Waals surface area (Å²) >= 11 is 3.54. The van der Waals surface area contributed by atoms with E-state index in [1.165, 1.54) is 0 Å². The van der Waals surface area contributed by atoms with Crippen LogP contribution >= 0.6 is 15.9 Å². The molecule has 5 heteroatoms. The molecule has 0 unspecified atom stereocenters. The number of pyridine rings is 1. The monoisotopic (exact) mass is 319 g/mol. The molecule has 0 spiro atoms. The van der Waals surface area contributed by atoms with Crippen LogP contribution in [0.25, 0.3) is 0 Å². The summed E-state index contributed by atoms with van der Waals surface area (Å²) in [6, 6.07) is 5.67. The van der Waals surface area contributed by atoms with Crippen LogP contribution in [-0.2, 0) is 20.0 Å². The predicted octanol–water partition coefficient (Wildman–Crippen LogP) is 2.38. The van der Waals surface area contributed by atoms with Crippen LogP contribution in [0.5, 0.6) is 0 Å². The van der Waals surface area contributed by atoms with Gasteiger partial charge in [-0.05, 0) is 18.2 Å². The van der Waals surface area contributed by atoms with E-state index in [0.717, 1.165) is 34.4 Å². The lowest BCUT2D eigenvalue weighted by Crippen LogP contribution is -2.37. The Morgan fingerprint density at radius 2 is 2.26 bits per heavy atom. The summed E-state index contributed by atoms with van der Waals surface area (Å²) in [5, 5.41) is 0. The van der Waals surface area contributed by atoms with Crippen molar-refractivity contribution in [2.75, 3.05) is 6.54 Å². The summed E-state index contributed by atoms with van der Waals surface area (Å²) in [5.41, 5.74) is 2.94. The lowest BCUT2D eigenvalue weighted by molar-refractivity contribution is 0.0723. The Balaban J connectivity index is 1.88.